The van der Waals surface area contributed by atoms with Gasteiger partial charge in [0.15, 0.2) is 0 Å². The van der Waals surface area contributed by atoms with Crippen molar-refractivity contribution < 1.29 is 4.79 Å². The fraction of sp³-hybridized carbons (Fsp3) is 0.467. The zero-order chi connectivity index (χ0) is 14.2. The van der Waals surface area contributed by atoms with Gasteiger partial charge in [-0.15, -0.1) is 0 Å². The minimum Gasteiger partial charge on any atom is -0.320 e. The zero-order valence-corrected chi connectivity index (χ0v) is 12.2. The number of nitrogens with two attached hydrogens (primary N) is 1. The van der Waals surface area contributed by atoms with Crippen molar-refractivity contribution in [3.63, 3.8) is 0 Å². The summed E-state index contributed by atoms with van der Waals surface area (Å²) >= 11 is 1.97. The van der Waals surface area contributed by atoms with Gasteiger partial charge in [0.05, 0.1) is 6.54 Å². The smallest absolute Gasteiger partial charge is 0.225 e. The molecule has 0 radical (unpaired) electrons. The van der Waals surface area contributed by atoms with Crippen LogP contribution in [0.5, 0.6) is 0 Å². The Morgan fingerprint density at radius 3 is 3.05 bits per heavy atom. The first-order valence-electron chi connectivity index (χ1n) is 6.80. The van der Waals surface area contributed by atoms with Crippen molar-refractivity contribution in [3.05, 3.63) is 23.9 Å². The van der Waals surface area contributed by atoms with Gasteiger partial charge in [-0.1, -0.05) is 11.8 Å². The molecule has 0 unspecified atom stereocenters. The van der Waals surface area contributed by atoms with Crippen molar-refractivity contribution in [3.8, 4) is 11.8 Å². The third-order valence-electron chi connectivity index (χ3n) is 3.18. The largest absolute Gasteiger partial charge is 0.320 e. The van der Waals surface area contributed by atoms with Gasteiger partial charge in [0, 0.05) is 18.2 Å². The maximum atomic E-state index is 12.0. The molecule has 2 rings (SSSR count). The summed E-state index contributed by atoms with van der Waals surface area (Å²) in [6, 6.07) is 3.58. The maximum absolute atomic E-state index is 12.0. The highest BCUT2D eigenvalue weighted by Gasteiger charge is 2.17. The minimum absolute atomic E-state index is 0.0401. The van der Waals surface area contributed by atoms with Crippen molar-refractivity contribution in [2.45, 2.75) is 19.3 Å². The second-order valence-corrected chi connectivity index (χ2v) is 5.97. The Morgan fingerprint density at radius 2 is 2.30 bits per heavy atom. The summed E-state index contributed by atoms with van der Waals surface area (Å²) in [5.41, 5.74) is 6.15. The molecule has 1 amide bonds. The Kier molecular flexibility index (Phi) is 5.90. The molecule has 0 saturated carbocycles. The lowest BCUT2D eigenvalue weighted by atomic mass is 9.98. The molecule has 1 aromatic rings. The number of nitrogens with zero attached hydrogens (tertiary/aromatic N) is 1. The molecule has 1 aliphatic rings. The molecule has 0 aliphatic carbocycles. The Labute approximate surface area is 123 Å². The molecule has 1 fully saturated rings. The fourth-order valence-corrected chi connectivity index (χ4v) is 3.34. The highest BCUT2D eigenvalue weighted by molar-refractivity contribution is 7.99. The molecular weight excluding hydrogens is 270 g/mol. The lowest BCUT2D eigenvalue weighted by Crippen LogP contribution is -2.20. The van der Waals surface area contributed by atoms with Crippen molar-refractivity contribution in [1.82, 2.24) is 4.98 Å². The third-order valence-corrected chi connectivity index (χ3v) is 4.23. The number of thioether (sulfide) groups is 1. The van der Waals surface area contributed by atoms with E-state index in [-0.39, 0.29) is 5.91 Å². The molecule has 0 aromatic carbocycles. The Hall–Kier alpha value is -1.51. The number of hydrogen-bond donors (Lipinski definition) is 2. The van der Waals surface area contributed by atoms with E-state index < -0.39 is 0 Å². The zero-order valence-electron chi connectivity index (χ0n) is 11.4. The highest BCUT2D eigenvalue weighted by atomic mass is 32.2. The second-order valence-electron chi connectivity index (χ2n) is 4.74. The van der Waals surface area contributed by atoms with E-state index in [9.17, 15) is 4.79 Å². The molecule has 1 aromatic heterocycles. The number of aromatic nitrogens is 1. The van der Waals surface area contributed by atoms with E-state index in [1.165, 1.54) is 11.5 Å². The van der Waals surface area contributed by atoms with Gasteiger partial charge in [0.1, 0.15) is 5.82 Å². The quantitative estimate of drug-likeness (QED) is 0.834. The van der Waals surface area contributed by atoms with Crippen LogP contribution in [0.1, 0.15) is 24.8 Å². The van der Waals surface area contributed by atoms with Crippen LogP contribution in [0, 0.1) is 17.8 Å². The molecule has 5 heteroatoms. The molecule has 106 valence electrons. The van der Waals surface area contributed by atoms with Crippen LogP contribution in [0.3, 0.4) is 0 Å². The lowest BCUT2D eigenvalue weighted by molar-refractivity contribution is -0.117. The van der Waals surface area contributed by atoms with Gasteiger partial charge >= 0.3 is 0 Å². The summed E-state index contributed by atoms with van der Waals surface area (Å²) in [5.74, 6) is 9.16. The van der Waals surface area contributed by atoms with Crippen LogP contribution >= 0.6 is 11.8 Å². The average Bonchev–Trinajstić information content (AvgIpc) is 2.46. The van der Waals surface area contributed by atoms with Crippen molar-refractivity contribution >= 4 is 23.5 Å². The monoisotopic (exact) mass is 289 g/mol. The average molecular weight is 289 g/mol. The number of carbonyl (C=O) groups is 1. The SMILES string of the molecule is NCC#Cc1ccnc(NC(=O)CC2CCSCC2)c1. The molecular formula is C15H19N3OS. The van der Waals surface area contributed by atoms with E-state index in [1.807, 2.05) is 11.8 Å². The maximum Gasteiger partial charge on any atom is 0.225 e. The van der Waals surface area contributed by atoms with Crippen molar-refractivity contribution in [2.75, 3.05) is 23.4 Å². The molecule has 0 atom stereocenters. The fourth-order valence-electron chi connectivity index (χ4n) is 2.14. The molecule has 2 heterocycles. The summed E-state index contributed by atoms with van der Waals surface area (Å²) in [6.07, 6.45) is 4.50. The Balaban J connectivity index is 1.90. The van der Waals surface area contributed by atoms with Crippen LogP contribution in [0.4, 0.5) is 5.82 Å². The van der Waals surface area contributed by atoms with Crippen LogP contribution in [0.15, 0.2) is 18.3 Å². The van der Waals surface area contributed by atoms with Gasteiger partial charge < -0.3 is 11.1 Å². The predicted molar refractivity (Wildman–Crippen MR) is 83.5 cm³/mol. The number of rotatable bonds is 3. The molecule has 4 nitrogen and oxygen atoms in total. The number of amides is 1. The predicted octanol–water partition coefficient (Wildman–Crippen LogP) is 1.86. The molecule has 0 bridgehead atoms. The van der Waals surface area contributed by atoms with Crippen molar-refractivity contribution in [1.29, 1.82) is 0 Å². The van der Waals surface area contributed by atoms with E-state index >= 15 is 0 Å². The second kappa shape index (κ2) is 7.93. The lowest BCUT2D eigenvalue weighted by Gasteiger charge is -2.20. The summed E-state index contributed by atoms with van der Waals surface area (Å²) in [4.78, 5) is 16.1. The highest BCUT2D eigenvalue weighted by Crippen LogP contribution is 2.25. The van der Waals surface area contributed by atoms with E-state index in [0.717, 1.165) is 18.4 Å². The number of pyridine rings is 1. The van der Waals surface area contributed by atoms with E-state index in [1.54, 1.807) is 18.3 Å². The number of carbonyl (C=O) groups excluding carboxylic acids is 1. The minimum atomic E-state index is 0.0401. The van der Waals surface area contributed by atoms with Crippen LogP contribution in [0.2, 0.25) is 0 Å². The Bertz CT molecular complexity index is 515. The molecule has 1 saturated heterocycles. The van der Waals surface area contributed by atoms with Crippen LogP contribution in [-0.2, 0) is 4.79 Å². The van der Waals surface area contributed by atoms with Gasteiger partial charge in [-0.2, -0.15) is 11.8 Å². The van der Waals surface area contributed by atoms with Crippen LogP contribution in [-0.4, -0.2) is 28.9 Å². The normalized spacial score (nSPS) is 15.2. The molecule has 3 N–H and O–H groups in total. The van der Waals surface area contributed by atoms with Gasteiger partial charge in [-0.05, 0) is 42.4 Å². The summed E-state index contributed by atoms with van der Waals surface area (Å²) < 4.78 is 0. The molecule has 1 aliphatic heterocycles. The third kappa shape index (κ3) is 4.87. The summed E-state index contributed by atoms with van der Waals surface area (Å²) in [5, 5.41) is 2.85. The summed E-state index contributed by atoms with van der Waals surface area (Å²) in [7, 11) is 0. The number of anilines is 1. The number of nitrogens with one attached hydrogen (secondary N) is 1. The first-order chi connectivity index (χ1) is 9.78. The van der Waals surface area contributed by atoms with E-state index in [4.69, 9.17) is 5.73 Å². The van der Waals surface area contributed by atoms with E-state index in [2.05, 4.69) is 22.1 Å². The Morgan fingerprint density at radius 1 is 1.50 bits per heavy atom. The van der Waals surface area contributed by atoms with Crippen LogP contribution < -0.4 is 11.1 Å². The first-order valence-corrected chi connectivity index (χ1v) is 7.96. The van der Waals surface area contributed by atoms with Gasteiger partial charge in [0.25, 0.3) is 0 Å². The standard InChI is InChI=1S/C15H19N3OS/c16-6-1-2-12-3-7-17-14(10-12)18-15(19)11-13-4-8-20-9-5-13/h3,7,10,13H,4-6,8-9,11,16H2,(H,17,18,19). The first kappa shape index (κ1) is 14.9. The van der Waals surface area contributed by atoms with Gasteiger partial charge in [0.2, 0.25) is 5.91 Å². The topological polar surface area (TPSA) is 68.0 Å². The van der Waals surface area contributed by atoms with Gasteiger partial charge in [-0.3, -0.25) is 4.79 Å². The van der Waals surface area contributed by atoms with E-state index in [0.29, 0.717) is 24.7 Å². The van der Waals surface area contributed by atoms with Crippen molar-refractivity contribution in [2.24, 2.45) is 11.7 Å². The molecule has 20 heavy (non-hydrogen) atoms. The molecule has 0 spiro atoms. The summed E-state index contributed by atoms with van der Waals surface area (Å²) in [6.45, 7) is 0.323. The van der Waals surface area contributed by atoms with Gasteiger partial charge in [-0.25, -0.2) is 4.98 Å². The van der Waals surface area contributed by atoms with Crippen LogP contribution in [0.25, 0.3) is 0 Å². The number of hydrogen-bond acceptors (Lipinski definition) is 4.